The molecule has 0 bridgehead atoms. The van der Waals surface area contributed by atoms with Gasteiger partial charge < -0.3 is 13.9 Å². The van der Waals surface area contributed by atoms with E-state index in [2.05, 4.69) is 226 Å². The Morgan fingerprint density at radius 3 is 1.58 bits per heavy atom. The first kappa shape index (κ1) is 31.7. The summed E-state index contributed by atoms with van der Waals surface area (Å²) < 4.78 is 4.97. The number of hydrogen-bond donors (Lipinski definition) is 0. The van der Waals surface area contributed by atoms with Crippen molar-refractivity contribution in [3.8, 4) is 27.9 Å². The second kappa shape index (κ2) is 12.5. The molecular weight excluding hydrogens is 691 g/mol. The van der Waals surface area contributed by atoms with E-state index in [4.69, 9.17) is 0 Å². The van der Waals surface area contributed by atoms with Gasteiger partial charge in [-0.05, 0) is 94.4 Å². The zero-order valence-electron chi connectivity index (χ0n) is 31.0. The van der Waals surface area contributed by atoms with E-state index in [1.54, 1.807) is 0 Å². The lowest BCUT2D eigenvalue weighted by Gasteiger charge is -2.26. The minimum absolute atomic E-state index is 1.09. The molecule has 0 saturated heterocycles. The summed E-state index contributed by atoms with van der Waals surface area (Å²) in [4.78, 5) is 2.37. The Balaban J connectivity index is 1.07. The minimum Gasteiger partial charge on any atom is -0.310 e. The SMILES string of the molecule is c1ccc(-c2ccccc2-c2ccc(N(c3ccccc3)c3cccc(-n4c5cccc6c7ccccc7n7c8ccccc8c8ccc4c(c65)c87)c3)cc2)cc1. The number of rotatable bonds is 6. The summed E-state index contributed by atoms with van der Waals surface area (Å²) in [7, 11) is 0. The van der Waals surface area contributed by atoms with Gasteiger partial charge in [-0.25, -0.2) is 0 Å². The molecule has 0 unspecified atom stereocenters. The van der Waals surface area contributed by atoms with Crippen LogP contribution in [0.3, 0.4) is 0 Å². The molecule has 0 radical (unpaired) electrons. The Morgan fingerprint density at radius 1 is 0.316 bits per heavy atom. The molecule has 0 spiro atoms. The summed E-state index contributed by atoms with van der Waals surface area (Å²) in [6.45, 7) is 0. The lowest BCUT2D eigenvalue weighted by molar-refractivity contribution is 1.17. The van der Waals surface area contributed by atoms with E-state index >= 15 is 0 Å². The summed E-state index contributed by atoms with van der Waals surface area (Å²) in [5, 5.41) is 7.66. The number of nitrogens with zero attached hydrogens (tertiary/aromatic N) is 3. The van der Waals surface area contributed by atoms with Crippen LogP contribution < -0.4 is 4.90 Å². The van der Waals surface area contributed by atoms with E-state index in [1.165, 1.54) is 82.2 Å². The molecule has 0 amide bonds. The van der Waals surface area contributed by atoms with Crippen LogP contribution in [0.2, 0.25) is 0 Å². The predicted octanol–water partition coefficient (Wildman–Crippen LogP) is 14.7. The topological polar surface area (TPSA) is 12.6 Å². The van der Waals surface area contributed by atoms with Crippen molar-refractivity contribution in [2.45, 2.75) is 0 Å². The summed E-state index contributed by atoms with van der Waals surface area (Å²) in [5.74, 6) is 0. The number of fused-ring (bicyclic) bond motifs is 6. The smallest absolute Gasteiger partial charge is 0.0641 e. The van der Waals surface area contributed by atoms with E-state index in [0.717, 1.165) is 22.7 Å². The zero-order valence-corrected chi connectivity index (χ0v) is 31.0. The Hall–Kier alpha value is -7.62. The standard InChI is InChI=1S/C54H35N3/c1-3-15-36(16-4-1)42-21-7-8-22-43(42)37-29-31-39(32-30-37)55(38-17-5-2-6-18-38)40-19-13-20-41(35-40)56-50-28-14-25-46-44-23-9-11-26-48(44)57-49-27-12-10-24-45(49)47-33-34-51(56)53(52(46)50)54(47)57/h1-35H. The highest BCUT2D eigenvalue weighted by Crippen LogP contribution is 2.46. The highest BCUT2D eigenvalue weighted by atomic mass is 15.1. The molecule has 0 aliphatic carbocycles. The second-order valence-electron chi connectivity index (χ2n) is 14.9. The van der Waals surface area contributed by atoms with Crippen LogP contribution in [0.15, 0.2) is 212 Å². The van der Waals surface area contributed by atoms with Crippen LogP contribution in [0, 0.1) is 0 Å². The molecule has 266 valence electrons. The fourth-order valence-electron chi connectivity index (χ4n) is 9.44. The largest absolute Gasteiger partial charge is 0.310 e. The average molecular weight is 726 g/mol. The van der Waals surface area contributed by atoms with Crippen molar-refractivity contribution < 1.29 is 0 Å². The van der Waals surface area contributed by atoms with Crippen molar-refractivity contribution in [3.63, 3.8) is 0 Å². The van der Waals surface area contributed by atoms with Crippen molar-refractivity contribution in [1.82, 2.24) is 8.97 Å². The molecule has 12 aromatic rings. The first-order valence-electron chi connectivity index (χ1n) is 19.6. The molecule has 3 nitrogen and oxygen atoms in total. The molecule has 3 heteroatoms. The molecule has 0 saturated carbocycles. The van der Waals surface area contributed by atoms with Crippen molar-refractivity contribution in [3.05, 3.63) is 212 Å². The van der Waals surface area contributed by atoms with Gasteiger partial charge in [0.15, 0.2) is 0 Å². The lowest BCUT2D eigenvalue weighted by Crippen LogP contribution is -2.10. The predicted molar refractivity (Wildman–Crippen MR) is 241 cm³/mol. The molecule has 0 aliphatic heterocycles. The van der Waals surface area contributed by atoms with Gasteiger partial charge in [-0.15, -0.1) is 0 Å². The molecular formula is C54H35N3. The highest BCUT2D eigenvalue weighted by Gasteiger charge is 2.23. The van der Waals surface area contributed by atoms with Crippen LogP contribution in [0.5, 0.6) is 0 Å². The number of benzene rings is 9. The fourth-order valence-corrected chi connectivity index (χ4v) is 9.44. The fraction of sp³-hybridized carbons (Fsp3) is 0. The molecule has 0 aliphatic rings. The maximum absolute atomic E-state index is 2.50. The Morgan fingerprint density at radius 2 is 0.842 bits per heavy atom. The molecule has 0 N–H and O–H groups in total. The summed E-state index contributed by atoms with van der Waals surface area (Å²) >= 11 is 0. The third kappa shape index (κ3) is 4.73. The van der Waals surface area contributed by atoms with Crippen molar-refractivity contribution >= 4 is 77.0 Å². The van der Waals surface area contributed by atoms with Gasteiger partial charge in [0.2, 0.25) is 0 Å². The van der Waals surface area contributed by atoms with Gasteiger partial charge >= 0.3 is 0 Å². The summed E-state index contributed by atoms with van der Waals surface area (Å²) in [5.41, 5.74) is 15.4. The zero-order chi connectivity index (χ0) is 37.5. The number of aromatic nitrogens is 2. The van der Waals surface area contributed by atoms with E-state index in [0.29, 0.717) is 0 Å². The number of hydrogen-bond acceptors (Lipinski definition) is 1. The molecule has 3 aromatic heterocycles. The summed E-state index contributed by atoms with van der Waals surface area (Å²) in [6.07, 6.45) is 0. The van der Waals surface area contributed by atoms with Crippen LogP contribution >= 0.6 is 0 Å². The monoisotopic (exact) mass is 725 g/mol. The van der Waals surface area contributed by atoms with Crippen molar-refractivity contribution in [2.75, 3.05) is 4.90 Å². The van der Waals surface area contributed by atoms with Crippen molar-refractivity contribution in [2.24, 2.45) is 0 Å². The van der Waals surface area contributed by atoms with Gasteiger partial charge in [0.25, 0.3) is 0 Å². The van der Waals surface area contributed by atoms with Gasteiger partial charge in [-0.1, -0.05) is 146 Å². The normalized spacial score (nSPS) is 11.9. The van der Waals surface area contributed by atoms with Crippen LogP contribution in [-0.2, 0) is 0 Å². The average Bonchev–Trinajstić information content (AvgIpc) is 3.76. The van der Waals surface area contributed by atoms with Gasteiger partial charge in [-0.2, -0.15) is 0 Å². The maximum Gasteiger partial charge on any atom is 0.0641 e. The third-order valence-corrected chi connectivity index (χ3v) is 11.8. The molecule has 9 aromatic carbocycles. The molecule has 57 heavy (non-hydrogen) atoms. The first-order chi connectivity index (χ1) is 28.3. The third-order valence-electron chi connectivity index (χ3n) is 11.8. The Bertz CT molecular complexity index is 3450. The molecule has 12 rings (SSSR count). The van der Waals surface area contributed by atoms with Gasteiger partial charge in [0.1, 0.15) is 0 Å². The van der Waals surface area contributed by atoms with E-state index in [9.17, 15) is 0 Å². The van der Waals surface area contributed by atoms with Crippen LogP contribution in [0.25, 0.3) is 87.8 Å². The van der Waals surface area contributed by atoms with Crippen LogP contribution in [-0.4, -0.2) is 8.97 Å². The molecule has 0 fully saturated rings. The van der Waals surface area contributed by atoms with Gasteiger partial charge in [0, 0.05) is 49.7 Å². The Kier molecular flexibility index (Phi) is 6.93. The van der Waals surface area contributed by atoms with Crippen molar-refractivity contribution in [1.29, 1.82) is 0 Å². The van der Waals surface area contributed by atoms with E-state index in [1.807, 2.05) is 0 Å². The molecule has 3 heterocycles. The quantitative estimate of drug-likeness (QED) is 0.166. The maximum atomic E-state index is 2.50. The lowest BCUT2D eigenvalue weighted by atomic mass is 9.94. The minimum atomic E-state index is 1.09. The highest BCUT2D eigenvalue weighted by molar-refractivity contribution is 6.33. The first-order valence-corrected chi connectivity index (χ1v) is 19.6. The van der Waals surface area contributed by atoms with Crippen LogP contribution in [0.4, 0.5) is 17.1 Å². The number of anilines is 3. The van der Waals surface area contributed by atoms with E-state index < -0.39 is 0 Å². The van der Waals surface area contributed by atoms with E-state index in [-0.39, 0.29) is 0 Å². The summed E-state index contributed by atoms with van der Waals surface area (Å²) in [6, 6.07) is 77.3. The Labute approximate surface area is 329 Å². The number of para-hydroxylation sites is 3. The second-order valence-corrected chi connectivity index (χ2v) is 14.9. The van der Waals surface area contributed by atoms with Gasteiger partial charge in [-0.3, -0.25) is 0 Å². The molecule has 0 atom stereocenters. The van der Waals surface area contributed by atoms with Gasteiger partial charge in [0.05, 0.1) is 27.6 Å². The van der Waals surface area contributed by atoms with Crippen LogP contribution in [0.1, 0.15) is 0 Å².